The average Bonchev–Trinajstić information content (AvgIpc) is 2.82. The molecule has 0 aliphatic carbocycles. The van der Waals surface area contributed by atoms with Crippen LogP contribution in [-0.4, -0.2) is 33.2 Å². The summed E-state index contributed by atoms with van der Waals surface area (Å²) in [6.45, 7) is 5.87. The van der Waals surface area contributed by atoms with Crippen LogP contribution in [-0.2, 0) is 17.7 Å². The molecule has 0 unspecified atom stereocenters. The van der Waals surface area contributed by atoms with Gasteiger partial charge >= 0.3 is 41.5 Å². The molecule has 1 aromatic heterocycles. The second-order valence-corrected chi connectivity index (χ2v) is 7.76. The van der Waals surface area contributed by atoms with Gasteiger partial charge in [-0.15, -0.1) is 0 Å². The second-order valence-electron chi connectivity index (χ2n) is 7.76. The van der Waals surface area contributed by atoms with E-state index in [1.807, 2.05) is 24.3 Å². The normalized spacial score (nSPS) is 10.4. The summed E-state index contributed by atoms with van der Waals surface area (Å²) in [6, 6.07) is 14.3. The van der Waals surface area contributed by atoms with Gasteiger partial charge in [0.05, 0.1) is 18.7 Å². The topological polar surface area (TPSA) is 98.5 Å². The van der Waals surface area contributed by atoms with Crippen molar-refractivity contribution in [1.29, 1.82) is 0 Å². The first-order valence-electron chi connectivity index (χ1n) is 11.1. The molecule has 34 heavy (non-hydrogen) atoms. The molecular formula is C26H29N2NaO5. The van der Waals surface area contributed by atoms with Crippen molar-refractivity contribution < 1.29 is 50.4 Å². The molecule has 0 bridgehead atoms. The van der Waals surface area contributed by atoms with E-state index in [-0.39, 0.29) is 60.0 Å². The van der Waals surface area contributed by atoms with E-state index < -0.39 is 11.9 Å². The zero-order valence-electron chi connectivity index (χ0n) is 21.1. The van der Waals surface area contributed by atoms with Crippen molar-refractivity contribution in [2.24, 2.45) is 0 Å². The summed E-state index contributed by atoms with van der Waals surface area (Å²) in [5.41, 5.74) is 2.59. The molecule has 1 N–H and O–H groups in total. The molecule has 8 heteroatoms. The van der Waals surface area contributed by atoms with Crippen LogP contribution in [0.25, 0.3) is 11.1 Å². The second kappa shape index (κ2) is 12.6. The average molecular weight is 473 g/mol. The number of benzene rings is 2. The smallest absolute Gasteiger partial charge is 1.00 e. The van der Waals surface area contributed by atoms with E-state index in [0.29, 0.717) is 24.4 Å². The third-order valence-corrected chi connectivity index (χ3v) is 5.46. The number of carboxylic acids is 1. The van der Waals surface area contributed by atoms with Crippen LogP contribution in [0.2, 0.25) is 0 Å². The van der Waals surface area contributed by atoms with Gasteiger partial charge in [0, 0.05) is 12.0 Å². The van der Waals surface area contributed by atoms with E-state index in [1.165, 1.54) is 0 Å². The Morgan fingerprint density at radius 1 is 1.09 bits per heavy atom. The van der Waals surface area contributed by atoms with Gasteiger partial charge in [-0.2, -0.15) is 0 Å². The Morgan fingerprint density at radius 3 is 2.38 bits per heavy atom. The van der Waals surface area contributed by atoms with Crippen molar-refractivity contribution in [2.45, 2.75) is 46.6 Å². The van der Waals surface area contributed by atoms with Crippen LogP contribution in [0.3, 0.4) is 0 Å². The number of ether oxygens (including phenoxy) is 1. The molecule has 2 aromatic carbocycles. The molecule has 0 saturated heterocycles. The number of aromatic nitrogens is 2. The SMILES string of the molecule is CCCCc1nc(C(=O)OCC)c(C)c(=O)n1Cc1ccc(-c2ccccc2C(=O)O)cc1.[H-].[Na+]. The summed E-state index contributed by atoms with van der Waals surface area (Å²) in [5.74, 6) is -1.01. The summed E-state index contributed by atoms with van der Waals surface area (Å²) >= 11 is 0. The number of unbranched alkanes of at least 4 members (excludes halogenated alkanes) is 1. The molecule has 0 spiro atoms. The van der Waals surface area contributed by atoms with Crippen LogP contribution in [0.1, 0.15) is 65.9 Å². The molecule has 0 radical (unpaired) electrons. The summed E-state index contributed by atoms with van der Waals surface area (Å²) < 4.78 is 6.68. The van der Waals surface area contributed by atoms with Crippen LogP contribution in [0.5, 0.6) is 0 Å². The molecule has 0 aliphatic heterocycles. The number of hydrogen-bond acceptors (Lipinski definition) is 5. The number of aromatic carboxylic acids is 1. The van der Waals surface area contributed by atoms with E-state index in [9.17, 15) is 19.5 Å². The molecule has 174 valence electrons. The number of nitrogens with zero attached hydrogens (tertiary/aromatic N) is 2. The zero-order chi connectivity index (χ0) is 24.0. The van der Waals surface area contributed by atoms with Crippen LogP contribution in [0.15, 0.2) is 53.3 Å². The first-order chi connectivity index (χ1) is 15.9. The maximum absolute atomic E-state index is 13.1. The Morgan fingerprint density at radius 2 is 1.76 bits per heavy atom. The number of esters is 1. The number of hydrogen-bond donors (Lipinski definition) is 1. The van der Waals surface area contributed by atoms with Gasteiger partial charge in [0.2, 0.25) is 0 Å². The molecule has 7 nitrogen and oxygen atoms in total. The molecule has 0 fully saturated rings. The van der Waals surface area contributed by atoms with Crippen molar-refractivity contribution >= 4 is 11.9 Å². The summed E-state index contributed by atoms with van der Waals surface area (Å²) in [5, 5.41) is 9.45. The summed E-state index contributed by atoms with van der Waals surface area (Å²) in [6.07, 6.45) is 2.33. The van der Waals surface area contributed by atoms with E-state index in [4.69, 9.17) is 4.74 Å². The van der Waals surface area contributed by atoms with Gasteiger partial charge < -0.3 is 11.3 Å². The van der Waals surface area contributed by atoms with Gasteiger partial charge in [-0.05, 0) is 43.0 Å². The largest absolute Gasteiger partial charge is 1.00 e. The van der Waals surface area contributed by atoms with Gasteiger partial charge in [-0.1, -0.05) is 55.8 Å². The zero-order valence-corrected chi connectivity index (χ0v) is 22.1. The van der Waals surface area contributed by atoms with Gasteiger partial charge in [0.25, 0.3) is 5.56 Å². The molecule has 1 heterocycles. The van der Waals surface area contributed by atoms with Gasteiger partial charge in [0.15, 0.2) is 5.69 Å². The minimum atomic E-state index is -0.981. The fraction of sp³-hybridized carbons (Fsp3) is 0.308. The third kappa shape index (κ3) is 6.23. The van der Waals surface area contributed by atoms with Crippen molar-refractivity contribution in [3.8, 4) is 11.1 Å². The predicted octanol–water partition coefficient (Wildman–Crippen LogP) is 1.60. The Bertz CT molecular complexity index is 1230. The minimum absolute atomic E-state index is 0. The van der Waals surface area contributed by atoms with Crippen molar-refractivity contribution in [3.05, 3.63) is 87.1 Å². The fourth-order valence-corrected chi connectivity index (χ4v) is 3.67. The standard InChI is InChI=1S/C26H28N2O5.Na.H/c1-4-6-11-22-27-23(26(32)33-5-2)17(3)24(29)28(22)16-18-12-14-19(15-13-18)20-9-7-8-10-21(20)25(30)31;;/h7-10,12-15H,4-6,11,16H2,1-3H3,(H,30,31);;/q;+1;-1. The third-order valence-electron chi connectivity index (χ3n) is 5.46. The molecule has 0 amide bonds. The van der Waals surface area contributed by atoms with Gasteiger partial charge in [-0.3, -0.25) is 9.36 Å². The van der Waals surface area contributed by atoms with Gasteiger partial charge in [0.1, 0.15) is 5.82 Å². The van der Waals surface area contributed by atoms with Gasteiger partial charge in [-0.25, -0.2) is 14.6 Å². The maximum atomic E-state index is 13.1. The van der Waals surface area contributed by atoms with E-state index >= 15 is 0 Å². The summed E-state index contributed by atoms with van der Waals surface area (Å²) in [7, 11) is 0. The Kier molecular flexibility index (Phi) is 10.2. The van der Waals surface area contributed by atoms with Crippen molar-refractivity contribution in [1.82, 2.24) is 9.55 Å². The Labute approximate surface area is 222 Å². The van der Waals surface area contributed by atoms with Crippen LogP contribution < -0.4 is 35.1 Å². The number of carbonyl (C=O) groups excluding carboxylic acids is 1. The van der Waals surface area contributed by atoms with Crippen molar-refractivity contribution in [2.75, 3.05) is 6.61 Å². The number of aryl methyl sites for hydroxylation is 1. The Balaban J connectivity index is 0.00000306. The monoisotopic (exact) mass is 472 g/mol. The number of carboxylic acid groups (broad SMARTS) is 1. The molecule has 3 aromatic rings. The first kappa shape index (κ1) is 27.5. The van der Waals surface area contributed by atoms with E-state index in [0.717, 1.165) is 24.0 Å². The van der Waals surface area contributed by atoms with Crippen LogP contribution in [0.4, 0.5) is 0 Å². The molecule has 0 saturated carbocycles. The molecular weight excluding hydrogens is 443 g/mol. The summed E-state index contributed by atoms with van der Waals surface area (Å²) in [4.78, 5) is 41.5. The maximum Gasteiger partial charge on any atom is 1.00 e. The molecule has 0 atom stereocenters. The van der Waals surface area contributed by atoms with Crippen molar-refractivity contribution in [3.63, 3.8) is 0 Å². The number of carbonyl (C=O) groups is 2. The quantitative estimate of drug-likeness (QED) is 0.375. The molecule has 3 rings (SSSR count). The predicted molar refractivity (Wildman–Crippen MR) is 127 cm³/mol. The first-order valence-corrected chi connectivity index (χ1v) is 11.1. The fourth-order valence-electron chi connectivity index (χ4n) is 3.67. The number of rotatable bonds is 9. The van der Waals surface area contributed by atoms with Crippen LogP contribution >= 0.6 is 0 Å². The molecule has 0 aliphatic rings. The van der Waals surface area contributed by atoms with E-state index in [1.54, 1.807) is 42.7 Å². The van der Waals surface area contributed by atoms with Crippen LogP contribution in [0, 0.1) is 6.92 Å². The minimum Gasteiger partial charge on any atom is -1.00 e. The Hall–Kier alpha value is -2.74. The van der Waals surface area contributed by atoms with E-state index in [2.05, 4.69) is 11.9 Å².